The minimum atomic E-state index is -0.597. The molecule has 4 rings (SSSR count). The van der Waals surface area contributed by atoms with Crippen LogP contribution >= 0.6 is 23.1 Å². The van der Waals surface area contributed by atoms with Crippen LogP contribution in [0.4, 0.5) is 9.39 Å². The second kappa shape index (κ2) is 13.2. The molecule has 1 aromatic carbocycles. The Bertz CT molecular complexity index is 1360. The Labute approximate surface area is 234 Å². The van der Waals surface area contributed by atoms with Crippen LogP contribution in [0.2, 0.25) is 0 Å². The van der Waals surface area contributed by atoms with Crippen LogP contribution in [-0.4, -0.2) is 44.4 Å². The van der Waals surface area contributed by atoms with Crippen LogP contribution in [-0.2, 0) is 35.5 Å². The van der Waals surface area contributed by atoms with Crippen molar-refractivity contribution in [3.63, 3.8) is 0 Å². The summed E-state index contributed by atoms with van der Waals surface area (Å²) in [4.78, 5) is 39.4. The van der Waals surface area contributed by atoms with Crippen molar-refractivity contribution < 1.29 is 23.5 Å². The van der Waals surface area contributed by atoms with Gasteiger partial charge < -0.3 is 19.9 Å². The Hall–Kier alpha value is -3.25. The number of benzene rings is 1. The van der Waals surface area contributed by atoms with Crippen molar-refractivity contribution in [3.05, 3.63) is 57.5 Å². The molecule has 2 amide bonds. The SMILES string of the molecule is CCCCn1c(CNC(=O)c2ccccc2F)nnc1S[C@H](C)C(=O)Nc1sc2c(c1C(=O)OCC)CCC2. The highest BCUT2D eigenvalue weighted by Gasteiger charge is 2.30. The van der Waals surface area contributed by atoms with E-state index in [2.05, 4.69) is 27.8 Å². The topological polar surface area (TPSA) is 115 Å². The lowest BCUT2D eigenvalue weighted by Gasteiger charge is -2.14. The Balaban J connectivity index is 1.46. The van der Waals surface area contributed by atoms with Crippen LogP contribution in [0.25, 0.3) is 0 Å². The third-order valence-corrected chi connectivity index (χ3v) is 8.63. The molecule has 0 saturated carbocycles. The number of aryl methyl sites for hydroxylation is 1. The third kappa shape index (κ3) is 6.67. The first-order valence-corrected chi connectivity index (χ1v) is 14.8. The number of fused-ring (bicyclic) bond motifs is 1. The van der Waals surface area contributed by atoms with Gasteiger partial charge in [0.05, 0.1) is 29.5 Å². The molecule has 3 aromatic rings. The van der Waals surface area contributed by atoms with Crippen LogP contribution < -0.4 is 10.6 Å². The number of nitrogens with one attached hydrogen (secondary N) is 2. The van der Waals surface area contributed by atoms with Crippen molar-refractivity contribution in [1.29, 1.82) is 0 Å². The maximum atomic E-state index is 14.0. The normalized spacial score (nSPS) is 13.1. The summed E-state index contributed by atoms with van der Waals surface area (Å²) >= 11 is 2.69. The Morgan fingerprint density at radius 3 is 2.74 bits per heavy atom. The van der Waals surface area contributed by atoms with Gasteiger partial charge in [0.25, 0.3) is 5.91 Å². The Morgan fingerprint density at radius 2 is 2.00 bits per heavy atom. The summed E-state index contributed by atoms with van der Waals surface area (Å²) in [5, 5.41) is 14.7. The zero-order valence-corrected chi connectivity index (χ0v) is 23.8. The van der Waals surface area contributed by atoms with Gasteiger partial charge in [-0.2, -0.15) is 0 Å². The molecule has 12 heteroatoms. The summed E-state index contributed by atoms with van der Waals surface area (Å²) in [7, 11) is 0. The third-order valence-electron chi connectivity index (χ3n) is 6.34. The number of amides is 2. The van der Waals surface area contributed by atoms with E-state index < -0.39 is 22.9 Å². The van der Waals surface area contributed by atoms with Gasteiger partial charge in [0.2, 0.25) is 5.91 Å². The van der Waals surface area contributed by atoms with Crippen LogP contribution in [0.3, 0.4) is 0 Å². The minimum absolute atomic E-state index is 0.0428. The van der Waals surface area contributed by atoms with Gasteiger partial charge in [0, 0.05) is 11.4 Å². The number of nitrogens with zero attached hydrogens (tertiary/aromatic N) is 3. The molecule has 1 atom stereocenters. The number of rotatable bonds is 12. The first-order chi connectivity index (χ1) is 18.8. The lowest BCUT2D eigenvalue weighted by molar-refractivity contribution is -0.115. The van der Waals surface area contributed by atoms with Gasteiger partial charge in [0.15, 0.2) is 11.0 Å². The van der Waals surface area contributed by atoms with Gasteiger partial charge in [-0.25, -0.2) is 9.18 Å². The Kier molecular flexibility index (Phi) is 9.73. The number of unbranched alkanes of at least 4 members (excludes halogenated alkanes) is 1. The molecule has 0 bridgehead atoms. The van der Waals surface area contributed by atoms with Crippen molar-refractivity contribution in [2.45, 2.75) is 76.4 Å². The predicted octanol–water partition coefficient (Wildman–Crippen LogP) is 4.99. The monoisotopic (exact) mass is 573 g/mol. The molecule has 0 radical (unpaired) electrons. The summed E-state index contributed by atoms with van der Waals surface area (Å²) in [6.07, 6.45) is 4.47. The quantitative estimate of drug-likeness (QED) is 0.232. The number of anilines is 1. The van der Waals surface area contributed by atoms with Gasteiger partial charge in [0.1, 0.15) is 10.8 Å². The first kappa shape index (κ1) is 28.8. The molecule has 0 unspecified atom stereocenters. The van der Waals surface area contributed by atoms with Gasteiger partial charge in [-0.3, -0.25) is 9.59 Å². The van der Waals surface area contributed by atoms with E-state index in [-0.39, 0.29) is 24.6 Å². The average molecular weight is 574 g/mol. The summed E-state index contributed by atoms with van der Waals surface area (Å²) in [6, 6.07) is 5.78. The Morgan fingerprint density at radius 1 is 1.21 bits per heavy atom. The smallest absolute Gasteiger partial charge is 0.341 e. The molecule has 0 saturated heterocycles. The summed E-state index contributed by atoms with van der Waals surface area (Å²) in [5.41, 5.74) is 1.41. The molecule has 0 fully saturated rings. The molecule has 208 valence electrons. The van der Waals surface area contributed by atoms with E-state index >= 15 is 0 Å². The van der Waals surface area contributed by atoms with Gasteiger partial charge in [-0.1, -0.05) is 37.2 Å². The summed E-state index contributed by atoms with van der Waals surface area (Å²) in [5.74, 6) is -1.29. The average Bonchev–Trinajstić information content (AvgIpc) is 3.61. The number of halogens is 1. The second-order valence-corrected chi connectivity index (χ2v) is 11.5. The molecule has 1 aliphatic carbocycles. The van der Waals surface area contributed by atoms with Gasteiger partial charge >= 0.3 is 5.97 Å². The van der Waals surface area contributed by atoms with E-state index in [1.165, 1.54) is 41.3 Å². The number of ether oxygens (including phenoxy) is 1. The molecule has 39 heavy (non-hydrogen) atoms. The van der Waals surface area contributed by atoms with Crippen molar-refractivity contribution in [2.75, 3.05) is 11.9 Å². The highest BCUT2D eigenvalue weighted by molar-refractivity contribution is 8.00. The number of thiophene rings is 1. The van der Waals surface area contributed by atoms with Crippen molar-refractivity contribution in [2.24, 2.45) is 0 Å². The number of thioether (sulfide) groups is 1. The molecule has 2 aromatic heterocycles. The highest BCUT2D eigenvalue weighted by atomic mass is 32.2. The fraction of sp³-hybridized carbons (Fsp3) is 0.444. The standard InChI is InChI=1S/C27H32FN5O4S2/c1-4-6-14-33-21(15-29-24(35)17-10-7-8-12-19(17)28)31-32-27(33)38-16(3)23(34)30-25-22(26(36)37-5-2)18-11-9-13-20(18)39-25/h7-8,10,12,16H,4-6,9,11,13-15H2,1-3H3,(H,29,35)(H,30,34)/t16-/m1/s1. The van der Waals surface area contributed by atoms with Crippen LogP contribution in [0.15, 0.2) is 29.4 Å². The number of carbonyl (C=O) groups excluding carboxylic acids is 3. The summed E-state index contributed by atoms with van der Waals surface area (Å²) in [6.45, 7) is 6.52. The van der Waals surface area contributed by atoms with Crippen LogP contribution in [0, 0.1) is 5.82 Å². The van der Waals surface area contributed by atoms with Gasteiger partial charge in [-0.15, -0.1) is 21.5 Å². The molecular weight excluding hydrogens is 541 g/mol. The number of hydrogen-bond donors (Lipinski definition) is 2. The molecule has 0 aliphatic heterocycles. The number of hydrogen-bond acceptors (Lipinski definition) is 8. The molecule has 9 nitrogen and oxygen atoms in total. The summed E-state index contributed by atoms with van der Waals surface area (Å²) < 4.78 is 21.1. The largest absolute Gasteiger partial charge is 0.462 e. The number of aromatic nitrogens is 3. The maximum Gasteiger partial charge on any atom is 0.341 e. The van der Waals surface area contributed by atoms with E-state index in [1.54, 1.807) is 19.9 Å². The molecule has 2 N–H and O–H groups in total. The fourth-order valence-corrected chi connectivity index (χ4v) is 6.49. The van der Waals surface area contributed by atoms with Crippen molar-refractivity contribution >= 4 is 45.9 Å². The van der Waals surface area contributed by atoms with E-state index in [0.717, 1.165) is 42.5 Å². The fourth-order valence-electron chi connectivity index (χ4n) is 4.31. The lowest BCUT2D eigenvalue weighted by atomic mass is 10.1. The first-order valence-electron chi connectivity index (χ1n) is 13.1. The van der Waals surface area contributed by atoms with E-state index in [1.807, 2.05) is 4.57 Å². The number of esters is 1. The number of carbonyl (C=O) groups is 3. The molecule has 0 spiro atoms. The molecule has 2 heterocycles. The van der Waals surface area contributed by atoms with Crippen molar-refractivity contribution in [3.8, 4) is 0 Å². The van der Waals surface area contributed by atoms with E-state index in [4.69, 9.17) is 4.74 Å². The van der Waals surface area contributed by atoms with E-state index in [0.29, 0.717) is 28.1 Å². The van der Waals surface area contributed by atoms with Crippen LogP contribution in [0.1, 0.15) is 77.0 Å². The van der Waals surface area contributed by atoms with Crippen molar-refractivity contribution in [1.82, 2.24) is 20.1 Å². The van der Waals surface area contributed by atoms with E-state index in [9.17, 15) is 18.8 Å². The second-order valence-electron chi connectivity index (χ2n) is 9.10. The van der Waals surface area contributed by atoms with Gasteiger partial charge in [-0.05, 0) is 57.2 Å². The zero-order valence-electron chi connectivity index (χ0n) is 22.2. The van der Waals surface area contributed by atoms with Crippen LogP contribution in [0.5, 0.6) is 0 Å². The lowest BCUT2D eigenvalue weighted by Crippen LogP contribution is -2.26. The predicted molar refractivity (Wildman–Crippen MR) is 149 cm³/mol. The minimum Gasteiger partial charge on any atom is -0.462 e. The zero-order chi connectivity index (χ0) is 27.9. The molecular formula is C27H32FN5O4S2. The highest BCUT2D eigenvalue weighted by Crippen LogP contribution is 2.40. The molecule has 1 aliphatic rings. The maximum absolute atomic E-state index is 14.0.